The predicted molar refractivity (Wildman–Crippen MR) is 83.0 cm³/mol. The molecule has 7 heteroatoms. The summed E-state index contributed by atoms with van der Waals surface area (Å²) < 4.78 is 2.17. The van der Waals surface area contributed by atoms with Crippen LogP contribution in [0.4, 0.5) is 5.13 Å². The van der Waals surface area contributed by atoms with E-state index in [1.165, 1.54) is 21.0 Å². The second-order valence-corrected chi connectivity index (χ2v) is 7.92. The Morgan fingerprint density at radius 3 is 2.84 bits per heavy atom. The molecule has 1 atom stereocenters. The summed E-state index contributed by atoms with van der Waals surface area (Å²) in [5.74, 6) is 0. The molecule has 19 heavy (non-hydrogen) atoms. The lowest BCUT2D eigenvalue weighted by Crippen LogP contribution is -2.00. The van der Waals surface area contributed by atoms with Gasteiger partial charge in [0.1, 0.15) is 0 Å². The Kier molecular flexibility index (Phi) is 3.67. The van der Waals surface area contributed by atoms with Gasteiger partial charge < -0.3 is 5.73 Å². The SMILES string of the molecule is CC(Cc1nc2ccccc2s1)Sc1nnc(N)s1. The summed E-state index contributed by atoms with van der Waals surface area (Å²) in [6.07, 6.45) is 0.934. The highest BCUT2D eigenvalue weighted by Crippen LogP contribution is 2.31. The molecule has 0 saturated heterocycles. The fourth-order valence-corrected chi connectivity index (χ4v) is 4.89. The van der Waals surface area contributed by atoms with Crippen LogP contribution >= 0.6 is 34.4 Å². The van der Waals surface area contributed by atoms with E-state index in [9.17, 15) is 0 Å². The highest BCUT2D eigenvalue weighted by molar-refractivity contribution is 8.01. The van der Waals surface area contributed by atoms with Crippen LogP contribution in [0.25, 0.3) is 10.2 Å². The minimum atomic E-state index is 0.410. The van der Waals surface area contributed by atoms with Gasteiger partial charge in [0.05, 0.1) is 15.2 Å². The summed E-state index contributed by atoms with van der Waals surface area (Å²) in [6.45, 7) is 2.17. The first kappa shape index (κ1) is 12.8. The van der Waals surface area contributed by atoms with Gasteiger partial charge in [0.25, 0.3) is 0 Å². The average Bonchev–Trinajstić information content (AvgIpc) is 2.94. The molecule has 1 aromatic carbocycles. The Morgan fingerprint density at radius 2 is 2.11 bits per heavy atom. The van der Waals surface area contributed by atoms with E-state index in [0.29, 0.717) is 10.4 Å². The van der Waals surface area contributed by atoms with Gasteiger partial charge in [-0.25, -0.2) is 4.98 Å². The summed E-state index contributed by atoms with van der Waals surface area (Å²) >= 11 is 4.89. The molecular weight excluding hydrogens is 296 g/mol. The molecule has 0 amide bonds. The van der Waals surface area contributed by atoms with Crippen molar-refractivity contribution in [2.24, 2.45) is 0 Å². The van der Waals surface area contributed by atoms with Gasteiger partial charge in [-0.15, -0.1) is 21.5 Å². The van der Waals surface area contributed by atoms with Gasteiger partial charge in [0, 0.05) is 11.7 Å². The quantitative estimate of drug-likeness (QED) is 0.748. The molecule has 0 aliphatic rings. The maximum atomic E-state index is 5.58. The Balaban J connectivity index is 1.70. The molecule has 4 nitrogen and oxygen atoms in total. The molecule has 98 valence electrons. The van der Waals surface area contributed by atoms with Crippen LogP contribution in [0, 0.1) is 0 Å². The van der Waals surface area contributed by atoms with Crippen LogP contribution in [-0.2, 0) is 6.42 Å². The van der Waals surface area contributed by atoms with Gasteiger partial charge in [-0.2, -0.15) is 0 Å². The van der Waals surface area contributed by atoms with Crippen molar-refractivity contribution < 1.29 is 0 Å². The van der Waals surface area contributed by atoms with E-state index in [1.807, 2.05) is 12.1 Å². The second-order valence-electron chi connectivity index (χ2n) is 4.11. The number of hydrogen-bond acceptors (Lipinski definition) is 7. The molecule has 3 aromatic rings. The molecule has 0 spiro atoms. The largest absolute Gasteiger partial charge is 0.374 e. The number of para-hydroxylation sites is 1. The van der Waals surface area contributed by atoms with Crippen LogP contribution in [0.5, 0.6) is 0 Å². The first-order valence-corrected chi connectivity index (χ1v) is 8.32. The zero-order valence-electron chi connectivity index (χ0n) is 10.2. The first-order valence-electron chi connectivity index (χ1n) is 5.81. The molecule has 0 aliphatic carbocycles. The van der Waals surface area contributed by atoms with Crippen molar-refractivity contribution in [2.45, 2.75) is 22.9 Å². The normalized spacial score (nSPS) is 12.9. The third-order valence-electron chi connectivity index (χ3n) is 2.52. The van der Waals surface area contributed by atoms with Crippen LogP contribution in [0.3, 0.4) is 0 Å². The lowest BCUT2D eigenvalue weighted by Gasteiger charge is -2.05. The monoisotopic (exact) mass is 308 g/mol. The van der Waals surface area contributed by atoms with Crippen molar-refractivity contribution in [3.8, 4) is 0 Å². The maximum Gasteiger partial charge on any atom is 0.203 e. The molecule has 0 saturated carbocycles. The van der Waals surface area contributed by atoms with E-state index in [1.54, 1.807) is 23.1 Å². The van der Waals surface area contributed by atoms with Crippen LogP contribution in [0.2, 0.25) is 0 Å². The van der Waals surface area contributed by atoms with Crippen LogP contribution in [0.15, 0.2) is 28.6 Å². The number of hydrogen-bond donors (Lipinski definition) is 1. The van der Waals surface area contributed by atoms with Gasteiger partial charge in [-0.05, 0) is 12.1 Å². The number of aromatic nitrogens is 3. The van der Waals surface area contributed by atoms with Gasteiger partial charge in [-0.3, -0.25) is 0 Å². The first-order chi connectivity index (χ1) is 9.20. The van der Waals surface area contributed by atoms with Gasteiger partial charge in [0.15, 0.2) is 4.34 Å². The van der Waals surface area contributed by atoms with Crippen molar-refractivity contribution in [3.05, 3.63) is 29.3 Å². The Hall–Kier alpha value is -1.18. The average molecular weight is 308 g/mol. The number of rotatable bonds is 4. The van der Waals surface area contributed by atoms with E-state index in [2.05, 4.69) is 34.2 Å². The fourth-order valence-electron chi connectivity index (χ4n) is 1.73. The molecule has 3 rings (SSSR count). The van der Waals surface area contributed by atoms with Crippen LogP contribution in [-0.4, -0.2) is 20.4 Å². The van der Waals surface area contributed by atoms with E-state index < -0.39 is 0 Å². The van der Waals surface area contributed by atoms with Gasteiger partial charge in [-0.1, -0.05) is 42.2 Å². The van der Waals surface area contributed by atoms with Crippen molar-refractivity contribution in [2.75, 3.05) is 5.73 Å². The van der Waals surface area contributed by atoms with E-state index in [-0.39, 0.29) is 0 Å². The standard InChI is InChI=1S/C12H12N4S3/c1-7(17-12-16-15-11(13)19-12)6-10-14-8-4-2-3-5-9(8)18-10/h2-5,7H,6H2,1H3,(H2,13,15). The van der Waals surface area contributed by atoms with E-state index >= 15 is 0 Å². The van der Waals surface area contributed by atoms with Crippen LogP contribution < -0.4 is 5.73 Å². The summed E-state index contributed by atoms with van der Waals surface area (Å²) in [7, 11) is 0. The van der Waals surface area contributed by atoms with Crippen molar-refractivity contribution in [1.29, 1.82) is 0 Å². The third-order valence-corrected chi connectivity index (χ3v) is 5.52. The lowest BCUT2D eigenvalue weighted by molar-refractivity contribution is 0.924. The summed E-state index contributed by atoms with van der Waals surface area (Å²) in [4.78, 5) is 4.65. The molecule has 0 radical (unpaired) electrons. The molecule has 0 fully saturated rings. The zero-order valence-corrected chi connectivity index (χ0v) is 12.7. The summed E-state index contributed by atoms with van der Waals surface area (Å²) in [5.41, 5.74) is 6.66. The molecule has 0 bridgehead atoms. The highest BCUT2D eigenvalue weighted by Gasteiger charge is 2.12. The molecular formula is C12H12N4S3. The number of benzene rings is 1. The molecule has 2 heterocycles. The number of anilines is 1. The molecule has 0 aliphatic heterocycles. The van der Waals surface area contributed by atoms with Crippen LogP contribution in [0.1, 0.15) is 11.9 Å². The Labute approximate surface area is 123 Å². The number of nitrogens with two attached hydrogens (primary N) is 1. The van der Waals surface area contributed by atoms with Crippen molar-refractivity contribution >= 4 is 49.8 Å². The van der Waals surface area contributed by atoms with Crippen molar-refractivity contribution in [1.82, 2.24) is 15.2 Å². The number of thiazole rings is 1. The smallest absolute Gasteiger partial charge is 0.203 e. The van der Waals surface area contributed by atoms with E-state index in [0.717, 1.165) is 16.3 Å². The lowest BCUT2D eigenvalue weighted by atomic mass is 10.3. The number of nitrogens with zero attached hydrogens (tertiary/aromatic N) is 3. The maximum absolute atomic E-state index is 5.58. The molecule has 2 N–H and O–H groups in total. The minimum Gasteiger partial charge on any atom is -0.374 e. The minimum absolute atomic E-state index is 0.410. The Morgan fingerprint density at radius 1 is 1.26 bits per heavy atom. The Bertz CT molecular complexity index is 658. The fraction of sp³-hybridized carbons (Fsp3) is 0.250. The highest BCUT2D eigenvalue weighted by atomic mass is 32.2. The third kappa shape index (κ3) is 3.05. The van der Waals surface area contributed by atoms with E-state index in [4.69, 9.17) is 5.73 Å². The number of thioether (sulfide) groups is 1. The van der Waals surface area contributed by atoms with Crippen molar-refractivity contribution in [3.63, 3.8) is 0 Å². The molecule has 2 aromatic heterocycles. The number of fused-ring (bicyclic) bond motifs is 1. The zero-order chi connectivity index (χ0) is 13.2. The van der Waals surface area contributed by atoms with Gasteiger partial charge >= 0.3 is 0 Å². The summed E-state index contributed by atoms with van der Waals surface area (Å²) in [6, 6.07) is 8.23. The topological polar surface area (TPSA) is 64.7 Å². The number of nitrogen functional groups attached to an aromatic ring is 1. The summed E-state index contributed by atoms with van der Waals surface area (Å²) in [5, 5.41) is 9.95. The second kappa shape index (κ2) is 5.44. The van der Waals surface area contributed by atoms with Gasteiger partial charge in [0.2, 0.25) is 5.13 Å². The predicted octanol–water partition coefficient (Wildman–Crippen LogP) is 3.45. The molecule has 1 unspecified atom stereocenters.